The van der Waals surface area contributed by atoms with E-state index in [1.54, 1.807) is 24.3 Å². The van der Waals surface area contributed by atoms with Crippen molar-refractivity contribution in [2.75, 3.05) is 44.6 Å². The molecule has 114 valence electrons. The molecule has 1 fully saturated rings. The quantitative estimate of drug-likeness (QED) is 0.479. The summed E-state index contributed by atoms with van der Waals surface area (Å²) in [5.74, 6) is -1.26. The minimum atomic E-state index is -0.653. The highest BCUT2D eigenvalue weighted by molar-refractivity contribution is 6.39. The van der Waals surface area contributed by atoms with Gasteiger partial charge < -0.3 is 20.9 Å². The van der Waals surface area contributed by atoms with Crippen molar-refractivity contribution < 1.29 is 19.8 Å². The summed E-state index contributed by atoms with van der Waals surface area (Å²) < 4.78 is 0. The fourth-order valence-electron chi connectivity index (χ4n) is 2.29. The molecule has 2 amide bonds. The van der Waals surface area contributed by atoms with E-state index in [0.717, 1.165) is 32.7 Å². The summed E-state index contributed by atoms with van der Waals surface area (Å²) in [5.41, 5.74) is 0.553. The van der Waals surface area contributed by atoms with Gasteiger partial charge in [-0.3, -0.25) is 9.59 Å². The van der Waals surface area contributed by atoms with Crippen LogP contribution in [0.2, 0.25) is 5.02 Å². The number of amides is 2. The second-order valence-corrected chi connectivity index (χ2v) is 5.52. The average molecular weight is 313 g/mol. The highest BCUT2D eigenvalue weighted by Crippen LogP contribution is 2.12. The predicted molar refractivity (Wildman–Crippen MR) is 80.3 cm³/mol. The first-order chi connectivity index (χ1) is 10.1. The van der Waals surface area contributed by atoms with Gasteiger partial charge in [0.2, 0.25) is 0 Å². The monoisotopic (exact) mass is 312 g/mol. The molecule has 1 saturated heterocycles. The Balaban J connectivity index is 1.69. The van der Waals surface area contributed by atoms with E-state index in [0.29, 0.717) is 17.3 Å². The molecule has 1 aromatic carbocycles. The predicted octanol–water partition coefficient (Wildman–Crippen LogP) is -2.14. The fourth-order valence-corrected chi connectivity index (χ4v) is 2.41. The molecule has 5 N–H and O–H groups in total. The van der Waals surface area contributed by atoms with Gasteiger partial charge >= 0.3 is 11.8 Å². The molecular weight excluding hydrogens is 292 g/mol. The molecule has 7 heteroatoms. The number of carbonyl (C=O) groups excluding carboxylic acids is 2. The van der Waals surface area contributed by atoms with Crippen LogP contribution in [-0.2, 0) is 9.59 Å². The minimum Gasteiger partial charge on any atom is -0.342 e. The van der Waals surface area contributed by atoms with Crippen LogP contribution in [0.4, 0.5) is 5.69 Å². The maximum absolute atomic E-state index is 11.7. The fraction of sp³-hybridized carbons (Fsp3) is 0.429. The van der Waals surface area contributed by atoms with Crippen molar-refractivity contribution in [1.29, 1.82) is 0 Å². The number of quaternary nitrogens is 2. The second kappa shape index (κ2) is 7.97. The number of nitrogens with two attached hydrogens (primary N) is 1. The number of halogens is 1. The van der Waals surface area contributed by atoms with Crippen molar-refractivity contribution in [3.8, 4) is 0 Å². The molecule has 2 rings (SSSR count). The highest BCUT2D eigenvalue weighted by atomic mass is 35.5. The van der Waals surface area contributed by atoms with Gasteiger partial charge in [-0.1, -0.05) is 11.6 Å². The number of hydrogen-bond donors (Lipinski definition) is 4. The standard InChI is InChI=1S/C14H19ClN4O2/c15-11-1-3-12(4-2-11)18-14(21)13(20)17-7-10-19-8-5-16-6-9-19/h1-4,16H,5-10H2,(H,17,20)(H,18,21)/p+2. The van der Waals surface area contributed by atoms with Gasteiger partial charge in [0.15, 0.2) is 0 Å². The zero-order valence-electron chi connectivity index (χ0n) is 11.8. The molecule has 0 atom stereocenters. The summed E-state index contributed by atoms with van der Waals surface area (Å²) in [6, 6.07) is 6.63. The molecule has 0 unspecified atom stereocenters. The molecule has 21 heavy (non-hydrogen) atoms. The maximum atomic E-state index is 11.7. The van der Waals surface area contributed by atoms with Crippen LogP contribution in [0, 0.1) is 0 Å². The summed E-state index contributed by atoms with van der Waals surface area (Å²) in [4.78, 5) is 24.9. The highest BCUT2D eigenvalue weighted by Gasteiger charge is 2.17. The van der Waals surface area contributed by atoms with Gasteiger partial charge in [-0.05, 0) is 24.3 Å². The number of nitrogens with one attached hydrogen (secondary N) is 3. The lowest BCUT2D eigenvalue weighted by molar-refractivity contribution is -0.945. The topological polar surface area (TPSA) is 79.2 Å². The van der Waals surface area contributed by atoms with E-state index in [4.69, 9.17) is 11.6 Å². The van der Waals surface area contributed by atoms with Gasteiger partial charge in [0, 0.05) is 10.7 Å². The van der Waals surface area contributed by atoms with E-state index in [-0.39, 0.29) is 0 Å². The van der Waals surface area contributed by atoms with E-state index in [1.807, 2.05) is 0 Å². The average Bonchev–Trinajstić information content (AvgIpc) is 2.50. The van der Waals surface area contributed by atoms with Crippen LogP contribution < -0.4 is 20.9 Å². The summed E-state index contributed by atoms with van der Waals surface area (Å²) in [6.45, 7) is 5.83. The molecule has 0 aromatic heterocycles. The minimum absolute atomic E-state index is 0.516. The van der Waals surface area contributed by atoms with Crippen LogP contribution in [0.5, 0.6) is 0 Å². The molecule has 1 aliphatic rings. The molecular formula is C14H21ClN4O2+2. The maximum Gasteiger partial charge on any atom is 0.313 e. The van der Waals surface area contributed by atoms with E-state index in [2.05, 4.69) is 16.0 Å². The van der Waals surface area contributed by atoms with Gasteiger partial charge in [-0.25, -0.2) is 0 Å². The zero-order chi connectivity index (χ0) is 15.1. The van der Waals surface area contributed by atoms with E-state index in [9.17, 15) is 9.59 Å². The van der Waals surface area contributed by atoms with Crippen LogP contribution in [-0.4, -0.2) is 51.1 Å². The number of rotatable bonds is 4. The number of piperazine rings is 1. The first-order valence-electron chi connectivity index (χ1n) is 7.15. The Kier molecular flexibility index (Phi) is 5.98. The normalized spacial score (nSPS) is 15.5. The van der Waals surface area contributed by atoms with Gasteiger partial charge in [0.1, 0.15) is 26.2 Å². The first kappa shape index (κ1) is 15.8. The molecule has 6 nitrogen and oxygen atoms in total. The summed E-state index contributed by atoms with van der Waals surface area (Å²) in [5, 5.41) is 8.07. The largest absolute Gasteiger partial charge is 0.342 e. The van der Waals surface area contributed by atoms with Crippen LogP contribution in [0.3, 0.4) is 0 Å². The third-order valence-electron chi connectivity index (χ3n) is 3.48. The smallest absolute Gasteiger partial charge is 0.313 e. The first-order valence-corrected chi connectivity index (χ1v) is 7.53. The van der Waals surface area contributed by atoms with Crippen molar-refractivity contribution in [3.63, 3.8) is 0 Å². The number of anilines is 1. The van der Waals surface area contributed by atoms with Gasteiger partial charge in [-0.15, -0.1) is 0 Å². The Hall–Kier alpha value is -1.63. The summed E-state index contributed by atoms with van der Waals surface area (Å²) in [7, 11) is 0. The molecule has 0 radical (unpaired) electrons. The third kappa shape index (κ3) is 5.34. The van der Waals surface area contributed by atoms with Gasteiger partial charge in [-0.2, -0.15) is 0 Å². The Labute approximate surface area is 128 Å². The number of carbonyl (C=O) groups is 2. The zero-order valence-corrected chi connectivity index (χ0v) is 12.6. The number of benzene rings is 1. The van der Waals surface area contributed by atoms with E-state index < -0.39 is 11.8 Å². The molecule has 1 heterocycles. The molecule has 0 aliphatic carbocycles. The Morgan fingerprint density at radius 1 is 1.14 bits per heavy atom. The van der Waals surface area contributed by atoms with Crippen molar-refractivity contribution in [3.05, 3.63) is 29.3 Å². The van der Waals surface area contributed by atoms with Gasteiger partial charge in [0.05, 0.1) is 13.1 Å². The molecule has 1 aromatic rings. The van der Waals surface area contributed by atoms with Crippen molar-refractivity contribution >= 4 is 29.1 Å². The lowest BCUT2D eigenvalue weighted by Gasteiger charge is -2.22. The SMILES string of the molecule is O=C(NCC[NH+]1CC[NH2+]CC1)C(=O)Nc1ccc(Cl)cc1. The van der Waals surface area contributed by atoms with Crippen molar-refractivity contribution in [1.82, 2.24) is 5.32 Å². The lowest BCUT2D eigenvalue weighted by atomic mass is 10.3. The van der Waals surface area contributed by atoms with Crippen LogP contribution >= 0.6 is 11.6 Å². The van der Waals surface area contributed by atoms with Crippen molar-refractivity contribution in [2.24, 2.45) is 0 Å². The van der Waals surface area contributed by atoms with E-state index >= 15 is 0 Å². The van der Waals surface area contributed by atoms with Gasteiger partial charge in [0.25, 0.3) is 0 Å². The Morgan fingerprint density at radius 3 is 2.48 bits per heavy atom. The summed E-state index contributed by atoms with van der Waals surface area (Å²) >= 11 is 5.76. The van der Waals surface area contributed by atoms with Crippen LogP contribution in [0.25, 0.3) is 0 Å². The molecule has 0 bridgehead atoms. The third-order valence-corrected chi connectivity index (χ3v) is 3.73. The molecule has 1 aliphatic heterocycles. The lowest BCUT2D eigenvalue weighted by Crippen LogP contribution is -3.21. The van der Waals surface area contributed by atoms with Crippen LogP contribution in [0.15, 0.2) is 24.3 Å². The second-order valence-electron chi connectivity index (χ2n) is 5.08. The number of hydrogen-bond acceptors (Lipinski definition) is 2. The summed E-state index contributed by atoms with van der Waals surface area (Å²) in [6.07, 6.45) is 0. The Morgan fingerprint density at radius 2 is 1.81 bits per heavy atom. The van der Waals surface area contributed by atoms with Crippen molar-refractivity contribution in [2.45, 2.75) is 0 Å². The molecule has 0 spiro atoms. The van der Waals surface area contributed by atoms with Crippen LogP contribution in [0.1, 0.15) is 0 Å². The Bertz CT molecular complexity index is 486. The molecule has 0 saturated carbocycles. The van der Waals surface area contributed by atoms with E-state index in [1.165, 1.54) is 4.90 Å².